The highest BCUT2D eigenvalue weighted by Gasteiger charge is 2.25. The van der Waals surface area contributed by atoms with Gasteiger partial charge in [0.05, 0.1) is 12.2 Å². The minimum atomic E-state index is 0. The first kappa shape index (κ1) is 23.6. The number of pyridine rings is 1. The zero-order chi connectivity index (χ0) is 19.8. The molecule has 0 amide bonds. The number of nitrogens with zero attached hydrogens (tertiary/aromatic N) is 3. The largest absolute Gasteiger partial charge is 0.357 e. The van der Waals surface area contributed by atoms with Crippen LogP contribution >= 0.6 is 24.0 Å². The molecule has 6 heteroatoms. The van der Waals surface area contributed by atoms with E-state index in [0.29, 0.717) is 18.5 Å². The van der Waals surface area contributed by atoms with Gasteiger partial charge in [-0.05, 0) is 42.5 Å². The average Bonchev–Trinajstić information content (AvgIpc) is 2.72. The molecule has 0 spiro atoms. The van der Waals surface area contributed by atoms with E-state index >= 15 is 0 Å². The van der Waals surface area contributed by atoms with Crippen LogP contribution < -0.4 is 10.6 Å². The first-order valence-electron chi connectivity index (χ1n) is 10.4. The Bertz CT molecular complexity index is 763. The van der Waals surface area contributed by atoms with Crippen molar-refractivity contribution in [3.8, 4) is 0 Å². The van der Waals surface area contributed by atoms with E-state index < -0.39 is 0 Å². The molecule has 0 radical (unpaired) electrons. The summed E-state index contributed by atoms with van der Waals surface area (Å²) in [5.74, 6) is 1.42. The van der Waals surface area contributed by atoms with Crippen LogP contribution in [0.15, 0.2) is 53.7 Å². The smallest absolute Gasteiger partial charge is 0.191 e. The van der Waals surface area contributed by atoms with Gasteiger partial charge in [0.15, 0.2) is 5.96 Å². The van der Waals surface area contributed by atoms with E-state index in [1.54, 1.807) is 0 Å². The second-order valence-electron chi connectivity index (χ2n) is 7.70. The lowest BCUT2D eigenvalue weighted by molar-refractivity contribution is 0.140. The molecule has 2 aromatic rings. The lowest BCUT2D eigenvalue weighted by atomic mass is 9.95. The molecule has 0 saturated carbocycles. The molecule has 29 heavy (non-hydrogen) atoms. The highest BCUT2D eigenvalue weighted by atomic mass is 127. The molecule has 0 bridgehead atoms. The molecular formula is C23H34IN5. The number of hydrogen-bond acceptors (Lipinski definition) is 3. The molecular weight excluding hydrogens is 473 g/mol. The van der Waals surface area contributed by atoms with Crippen molar-refractivity contribution in [2.24, 2.45) is 10.9 Å². The third-order valence-electron chi connectivity index (χ3n) is 5.35. The number of hydrogen-bond donors (Lipinski definition) is 2. The van der Waals surface area contributed by atoms with Crippen LogP contribution in [-0.4, -0.2) is 41.5 Å². The third kappa shape index (κ3) is 6.96. The van der Waals surface area contributed by atoms with Crippen molar-refractivity contribution in [2.45, 2.75) is 46.3 Å². The molecule has 2 heterocycles. The standard InChI is InChI=1S/C23H33N5.HI/c1-4-24-23(26-15-21-11-7-8-13-25-21)27-16-22(18(2)3)28-14-12-19-9-5-6-10-20(19)17-28;/h5-11,13,18,22H,4,12,14-17H2,1-3H3,(H2,24,26,27);1H. The highest BCUT2D eigenvalue weighted by Crippen LogP contribution is 2.22. The van der Waals surface area contributed by atoms with E-state index in [1.807, 2.05) is 24.4 Å². The first-order chi connectivity index (χ1) is 13.7. The quantitative estimate of drug-likeness (QED) is 0.340. The average molecular weight is 507 g/mol. The number of rotatable bonds is 7. The molecule has 158 valence electrons. The number of guanidine groups is 1. The lowest BCUT2D eigenvalue weighted by Crippen LogP contribution is -2.50. The van der Waals surface area contributed by atoms with Crippen molar-refractivity contribution in [3.63, 3.8) is 0 Å². The fourth-order valence-corrected chi connectivity index (χ4v) is 3.78. The number of fused-ring (bicyclic) bond motifs is 1. The summed E-state index contributed by atoms with van der Waals surface area (Å²) in [5, 5.41) is 6.92. The predicted molar refractivity (Wildman–Crippen MR) is 132 cm³/mol. The van der Waals surface area contributed by atoms with Gasteiger partial charge in [0.1, 0.15) is 0 Å². The van der Waals surface area contributed by atoms with E-state index in [-0.39, 0.29) is 24.0 Å². The number of nitrogens with one attached hydrogen (secondary N) is 2. The maximum absolute atomic E-state index is 4.71. The summed E-state index contributed by atoms with van der Waals surface area (Å²) >= 11 is 0. The van der Waals surface area contributed by atoms with Crippen LogP contribution in [0.1, 0.15) is 37.6 Å². The maximum atomic E-state index is 4.71. The molecule has 5 nitrogen and oxygen atoms in total. The molecule has 0 fully saturated rings. The van der Waals surface area contributed by atoms with E-state index in [0.717, 1.165) is 44.3 Å². The first-order valence-corrected chi connectivity index (χ1v) is 10.4. The number of benzene rings is 1. The van der Waals surface area contributed by atoms with Crippen LogP contribution in [0.4, 0.5) is 0 Å². The van der Waals surface area contributed by atoms with E-state index in [1.165, 1.54) is 11.1 Å². The Hall–Kier alpha value is -1.67. The van der Waals surface area contributed by atoms with Crippen molar-refractivity contribution in [1.29, 1.82) is 0 Å². The van der Waals surface area contributed by atoms with Crippen molar-refractivity contribution in [1.82, 2.24) is 20.5 Å². The number of aliphatic imine (C=N–C) groups is 1. The van der Waals surface area contributed by atoms with Gasteiger partial charge >= 0.3 is 0 Å². The molecule has 1 atom stereocenters. The molecule has 2 N–H and O–H groups in total. The SMILES string of the molecule is CCNC(=NCc1ccccn1)NCC(C(C)C)N1CCc2ccccc2C1.I. The Labute approximate surface area is 192 Å². The van der Waals surface area contributed by atoms with Crippen molar-refractivity contribution < 1.29 is 0 Å². The van der Waals surface area contributed by atoms with Crippen LogP contribution in [-0.2, 0) is 19.5 Å². The van der Waals surface area contributed by atoms with Crippen LogP contribution in [0.2, 0.25) is 0 Å². The Morgan fingerprint density at radius 2 is 1.86 bits per heavy atom. The zero-order valence-electron chi connectivity index (χ0n) is 17.8. The third-order valence-corrected chi connectivity index (χ3v) is 5.35. The summed E-state index contributed by atoms with van der Waals surface area (Å²) in [4.78, 5) is 11.7. The Balaban J connectivity index is 0.00000300. The normalized spacial score (nSPS) is 15.4. The van der Waals surface area contributed by atoms with Crippen LogP contribution in [0, 0.1) is 5.92 Å². The molecule has 1 aliphatic heterocycles. The summed E-state index contributed by atoms with van der Waals surface area (Å²) < 4.78 is 0. The summed E-state index contributed by atoms with van der Waals surface area (Å²) in [7, 11) is 0. The predicted octanol–water partition coefficient (Wildman–Crippen LogP) is 3.84. The summed E-state index contributed by atoms with van der Waals surface area (Å²) in [6.07, 6.45) is 2.95. The van der Waals surface area contributed by atoms with Crippen LogP contribution in [0.3, 0.4) is 0 Å². The summed E-state index contributed by atoms with van der Waals surface area (Å²) in [6, 6.07) is 15.2. The molecule has 0 saturated heterocycles. The van der Waals surface area contributed by atoms with Crippen molar-refractivity contribution in [3.05, 3.63) is 65.5 Å². The van der Waals surface area contributed by atoms with Gasteiger partial charge < -0.3 is 10.6 Å². The van der Waals surface area contributed by atoms with Gasteiger partial charge in [0.2, 0.25) is 0 Å². The lowest BCUT2D eigenvalue weighted by Gasteiger charge is -2.38. The second-order valence-corrected chi connectivity index (χ2v) is 7.70. The molecule has 3 rings (SSSR count). The van der Waals surface area contributed by atoms with E-state index in [9.17, 15) is 0 Å². The van der Waals surface area contributed by atoms with Gasteiger partial charge in [0.25, 0.3) is 0 Å². The summed E-state index contributed by atoms with van der Waals surface area (Å²) in [6.45, 7) is 11.2. The van der Waals surface area contributed by atoms with Gasteiger partial charge in [-0.15, -0.1) is 24.0 Å². The topological polar surface area (TPSA) is 52.6 Å². The minimum Gasteiger partial charge on any atom is -0.357 e. The summed E-state index contributed by atoms with van der Waals surface area (Å²) in [5.41, 5.74) is 3.95. The zero-order valence-corrected chi connectivity index (χ0v) is 20.1. The Morgan fingerprint density at radius 3 is 2.55 bits per heavy atom. The van der Waals surface area contributed by atoms with Gasteiger partial charge in [-0.1, -0.05) is 44.2 Å². The van der Waals surface area contributed by atoms with Crippen molar-refractivity contribution >= 4 is 29.9 Å². The molecule has 1 unspecified atom stereocenters. The highest BCUT2D eigenvalue weighted by molar-refractivity contribution is 14.0. The number of halogens is 1. The van der Waals surface area contributed by atoms with Gasteiger partial charge in [-0.3, -0.25) is 9.88 Å². The monoisotopic (exact) mass is 507 g/mol. The molecule has 1 aromatic carbocycles. The van der Waals surface area contributed by atoms with Crippen LogP contribution in [0.25, 0.3) is 0 Å². The minimum absolute atomic E-state index is 0. The maximum Gasteiger partial charge on any atom is 0.191 e. The number of aromatic nitrogens is 1. The molecule has 1 aliphatic rings. The van der Waals surface area contributed by atoms with Gasteiger partial charge in [-0.25, -0.2) is 4.99 Å². The van der Waals surface area contributed by atoms with Gasteiger partial charge in [-0.2, -0.15) is 0 Å². The fraction of sp³-hybridized carbons (Fsp3) is 0.478. The van der Waals surface area contributed by atoms with Crippen molar-refractivity contribution in [2.75, 3.05) is 19.6 Å². The Morgan fingerprint density at radius 1 is 1.10 bits per heavy atom. The van der Waals surface area contributed by atoms with Gasteiger partial charge in [0, 0.05) is 38.4 Å². The fourth-order valence-electron chi connectivity index (χ4n) is 3.78. The Kier molecular flexibility index (Phi) is 9.87. The molecule has 1 aromatic heterocycles. The second kappa shape index (κ2) is 12.1. The van der Waals surface area contributed by atoms with E-state index in [4.69, 9.17) is 4.99 Å². The van der Waals surface area contributed by atoms with Crippen LogP contribution in [0.5, 0.6) is 0 Å². The molecule has 0 aliphatic carbocycles. The van der Waals surface area contributed by atoms with E-state index in [2.05, 4.69) is 65.6 Å².